The number of amides is 1. The summed E-state index contributed by atoms with van der Waals surface area (Å²) in [5.74, 6) is -0.781. The van der Waals surface area contributed by atoms with Crippen molar-refractivity contribution in [1.29, 1.82) is 0 Å². The minimum absolute atomic E-state index is 0.0132. The molecule has 0 saturated heterocycles. The van der Waals surface area contributed by atoms with Gasteiger partial charge in [-0.2, -0.15) is 0 Å². The third-order valence-corrected chi connectivity index (χ3v) is 3.42. The first-order valence-corrected chi connectivity index (χ1v) is 7.56. The third-order valence-electron chi connectivity index (χ3n) is 3.42. The first-order valence-electron chi connectivity index (χ1n) is 7.56. The normalized spacial score (nSPS) is 9.96. The highest BCUT2D eigenvalue weighted by Crippen LogP contribution is 2.25. The SMILES string of the molecule is C=CCN(C(=O)OCc1ccccc1)c1cc(OC)cc(C(=O)O)c1. The number of aromatic carboxylic acids is 1. The molecule has 0 aliphatic carbocycles. The van der Waals surface area contributed by atoms with Gasteiger partial charge in [-0.3, -0.25) is 4.90 Å². The maximum Gasteiger partial charge on any atom is 0.414 e. The Bertz CT molecular complexity index is 758. The number of carbonyl (C=O) groups is 2. The van der Waals surface area contributed by atoms with Gasteiger partial charge in [0, 0.05) is 12.6 Å². The fourth-order valence-electron chi connectivity index (χ4n) is 2.19. The van der Waals surface area contributed by atoms with Gasteiger partial charge in [0.1, 0.15) is 12.4 Å². The predicted octanol–water partition coefficient (Wildman–Crippen LogP) is 3.72. The molecule has 2 rings (SSSR count). The van der Waals surface area contributed by atoms with Crippen molar-refractivity contribution in [3.8, 4) is 5.75 Å². The maximum atomic E-state index is 12.5. The lowest BCUT2D eigenvalue weighted by Crippen LogP contribution is -2.31. The number of hydrogen-bond donors (Lipinski definition) is 1. The molecular formula is C19H19NO5. The molecule has 0 aromatic heterocycles. The first kappa shape index (κ1) is 18.1. The van der Waals surface area contributed by atoms with E-state index in [4.69, 9.17) is 9.47 Å². The van der Waals surface area contributed by atoms with Crippen LogP contribution >= 0.6 is 0 Å². The van der Waals surface area contributed by atoms with Crippen molar-refractivity contribution < 1.29 is 24.2 Å². The monoisotopic (exact) mass is 341 g/mol. The van der Waals surface area contributed by atoms with Gasteiger partial charge in [-0.25, -0.2) is 9.59 Å². The highest BCUT2D eigenvalue weighted by molar-refractivity contribution is 5.93. The van der Waals surface area contributed by atoms with Crippen LogP contribution in [-0.2, 0) is 11.3 Å². The highest BCUT2D eigenvalue weighted by atomic mass is 16.6. The van der Waals surface area contributed by atoms with Gasteiger partial charge < -0.3 is 14.6 Å². The Balaban J connectivity index is 2.24. The number of hydrogen-bond acceptors (Lipinski definition) is 4. The van der Waals surface area contributed by atoms with Crippen molar-refractivity contribution in [3.05, 3.63) is 72.3 Å². The van der Waals surface area contributed by atoms with Gasteiger partial charge in [-0.15, -0.1) is 6.58 Å². The van der Waals surface area contributed by atoms with Crippen LogP contribution in [0.25, 0.3) is 0 Å². The smallest absolute Gasteiger partial charge is 0.414 e. The van der Waals surface area contributed by atoms with Gasteiger partial charge in [-0.1, -0.05) is 36.4 Å². The largest absolute Gasteiger partial charge is 0.497 e. The van der Waals surface area contributed by atoms with Gasteiger partial charge >= 0.3 is 12.1 Å². The minimum Gasteiger partial charge on any atom is -0.497 e. The summed E-state index contributed by atoms with van der Waals surface area (Å²) in [7, 11) is 1.43. The number of carboxylic acids is 1. The fraction of sp³-hybridized carbons (Fsp3) is 0.158. The van der Waals surface area contributed by atoms with Crippen LogP contribution in [0, 0.1) is 0 Å². The van der Waals surface area contributed by atoms with E-state index < -0.39 is 12.1 Å². The molecule has 0 heterocycles. The lowest BCUT2D eigenvalue weighted by Gasteiger charge is -2.21. The van der Waals surface area contributed by atoms with Crippen molar-refractivity contribution >= 4 is 17.7 Å². The zero-order valence-electron chi connectivity index (χ0n) is 13.8. The molecule has 0 fully saturated rings. The summed E-state index contributed by atoms with van der Waals surface area (Å²) in [6.07, 6.45) is 0.928. The lowest BCUT2D eigenvalue weighted by molar-refractivity contribution is 0.0696. The van der Waals surface area contributed by atoms with Crippen LogP contribution in [0.1, 0.15) is 15.9 Å². The number of carbonyl (C=O) groups excluding carboxylic acids is 1. The van der Waals surface area contributed by atoms with E-state index in [0.717, 1.165) is 5.56 Å². The first-order chi connectivity index (χ1) is 12.0. The van der Waals surface area contributed by atoms with Gasteiger partial charge in [0.25, 0.3) is 0 Å². The van der Waals surface area contributed by atoms with Crippen LogP contribution < -0.4 is 9.64 Å². The molecule has 0 unspecified atom stereocenters. The van der Waals surface area contributed by atoms with E-state index in [0.29, 0.717) is 11.4 Å². The summed E-state index contributed by atoms with van der Waals surface area (Å²) in [6.45, 7) is 3.91. The lowest BCUT2D eigenvalue weighted by atomic mass is 10.1. The summed E-state index contributed by atoms with van der Waals surface area (Å²) >= 11 is 0. The molecule has 0 bridgehead atoms. The molecule has 0 aliphatic heterocycles. The molecule has 0 radical (unpaired) electrons. The molecule has 1 amide bonds. The van der Waals surface area contributed by atoms with E-state index in [9.17, 15) is 14.7 Å². The van der Waals surface area contributed by atoms with Crippen LogP contribution in [-0.4, -0.2) is 30.8 Å². The summed E-state index contributed by atoms with van der Waals surface area (Å²) in [6, 6.07) is 13.6. The summed E-state index contributed by atoms with van der Waals surface area (Å²) < 4.78 is 10.4. The third kappa shape index (κ3) is 4.84. The van der Waals surface area contributed by atoms with Crippen molar-refractivity contribution in [2.24, 2.45) is 0 Å². The number of anilines is 1. The van der Waals surface area contributed by atoms with Gasteiger partial charge in [0.2, 0.25) is 0 Å². The van der Waals surface area contributed by atoms with Crippen molar-refractivity contribution in [2.45, 2.75) is 6.61 Å². The standard InChI is InChI=1S/C19H19NO5/c1-3-9-20(19(23)25-13-14-7-5-4-6-8-14)16-10-15(18(21)22)11-17(12-16)24-2/h3-8,10-12H,1,9,13H2,2H3,(H,21,22). The molecule has 0 aliphatic rings. The van der Waals surface area contributed by atoms with E-state index in [1.165, 1.54) is 30.2 Å². The second kappa shape index (κ2) is 8.54. The van der Waals surface area contributed by atoms with E-state index >= 15 is 0 Å². The van der Waals surface area contributed by atoms with Crippen molar-refractivity contribution in [3.63, 3.8) is 0 Å². The van der Waals surface area contributed by atoms with Crippen molar-refractivity contribution in [1.82, 2.24) is 0 Å². The Morgan fingerprint density at radius 2 is 1.92 bits per heavy atom. The zero-order valence-corrected chi connectivity index (χ0v) is 13.8. The number of rotatable bonds is 7. The molecule has 6 heteroatoms. The number of benzene rings is 2. The number of ether oxygens (including phenoxy) is 2. The molecule has 1 N–H and O–H groups in total. The zero-order chi connectivity index (χ0) is 18.2. The Morgan fingerprint density at radius 1 is 1.20 bits per heavy atom. The summed E-state index contributed by atoms with van der Waals surface area (Å²) in [4.78, 5) is 25.0. The van der Waals surface area contributed by atoms with Crippen molar-refractivity contribution in [2.75, 3.05) is 18.6 Å². The average Bonchev–Trinajstić information content (AvgIpc) is 2.64. The molecule has 2 aromatic carbocycles. The molecule has 130 valence electrons. The van der Waals surface area contributed by atoms with Crippen LogP contribution in [0.2, 0.25) is 0 Å². The molecule has 0 saturated carbocycles. The molecule has 25 heavy (non-hydrogen) atoms. The van der Waals surface area contributed by atoms with Gasteiger partial charge in [0.15, 0.2) is 0 Å². The Morgan fingerprint density at radius 3 is 2.52 bits per heavy atom. The van der Waals surface area contributed by atoms with Gasteiger partial charge in [-0.05, 0) is 17.7 Å². The minimum atomic E-state index is -1.11. The predicted molar refractivity (Wildman–Crippen MR) is 94.1 cm³/mol. The van der Waals surface area contributed by atoms with E-state index in [2.05, 4.69) is 6.58 Å². The molecule has 0 atom stereocenters. The van der Waals surface area contributed by atoms with Crippen LogP contribution in [0.3, 0.4) is 0 Å². The second-order valence-electron chi connectivity index (χ2n) is 5.16. The molecule has 2 aromatic rings. The second-order valence-corrected chi connectivity index (χ2v) is 5.16. The Kier molecular flexibility index (Phi) is 6.17. The van der Waals surface area contributed by atoms with E-state index in [-0.39, 0.29) is 18.7 Å². The van der Waals surface area contributed by atoms with Gasteiger partial charge in [0.05, 0.1) is 18.4 Å². The van der Waals surface area contributed by atoms with Crippen LogP contribution in [0.15, 0.2) is 61.2 Å². The summed E-state index contributed by atoms with van der Waals surface area (Å²) in [5, 5.41) is 9.22. The average molecular weight is 341 g/mol. The Labute approximate surface area is 145 Å². The maximum absolute atomic E-state index is 12.5. The highest BCUT2D eigenvalue weighted by Gasteiger charge is 2.19. The van der Waals surface area contributed by atoms with E-state index in [1.54, 1.807) is 6.07 Å². The fourth-order valence-corrected chi connectivity index (χ4v) is 2.19. The topological polar surface area (TPSA) is 76.1 Å². The summed E-state index contributed by atoms with van der Waals surface area (Å²) in [5.41, 5.74) is 1.22. The quantitative estimate of drug-likeness (QED) is 0.777. The number of methoxy groups -OCH3 is 1. The molecular weight excluding hydrogens is 322 g/mol. The van der Waals surface area contributed by atoms with Crippen LogP contribution in [0.5, 0.6) is 5.75 Å². The number of nitrogens with zero attached hydrogens (tertiary/aromatic N) is 1. The van der Waals surface area contributed by atoms with E-state index in [1.807, 2.05) is 30.3 Å². The Hall–Kier alpha value is -3.28. The van der Waals surface area contributed by atoms with Crippen LogP contribution in [0.4, 0.5) is 10.5 Å². The molecule has 6 nitrogen and oxygen atoms in total. The number of carboxylic acid groups (broad SMARTS) is 1. The molecule has 0 spiro atoms.